The van der Waals surface area contributed by atoms with Crippen LogP contribution in [0.2, 0.25) is 0 Å². The maximum Gasteiger partial charge on any atom is 0.524 e. The van der Waals surface area contributed by atoms with E-state index in [9.17, 15) is 4.57 Å². The number of hydrogen-bond donors (Lipinski definition) is 2. The first-order valence-corrected chi connectivity index (χ1v) is 3.74. The molecule has 2 atom stereocenters. The van der Waals surface area contributed by atoms with Crippen LogP contribution in [0, 0.1) is 5.92 Å². The first kappa shape index (κ1) is 8.02. The normalized spacial score (nSPS) is 16.4. The second-order valence-electron chi connectivity index (χ2n) is 2.04. The Morgan fingerprint density at radius 3 is 2.00 bits per heavy atom. The van der Waals surface area contributed by atoms with E-state index in [0.29, 0.717) is 0 Å². The molecule has 0 saturated carbocycles. The number of rotatable bonds is 2. The molecule has 1 unspecified atom stereocenters. The summed E-state index contributed by atoms with van der Waals surface area (Å²) in [5, 5.41) is 0. The fourth-order valence-corrected chi connectivity index (χ4v) is 0.765. The topological polar surface area (TPSA) is 63.3 Å². The van der Waals surface area contributed by atoms with Gasteiger partial charge in [-0.05, 0) is 4.57 Å². The van der Waals surface area contributed by atoms with E-state index < -0.39 is 13.8 Å². The Hall–Kier alpha value is 0.0200. The largest absolute Gasteiger partial charge is 0.524 e. The van der Waals surface area contributed by atoms with E-state index in [1.54, 1.807) is 0 Å². The highest BCUT2D eigenvalue weighted by molar-refractivity contribution is 7.38. The predicted molar refractivity (Wildman–Crippen MR) is 32.6 cm³/mol. The van der Waals surface area contributed by atoms with Crippen LogP contribution in [0.25, 0.3) is 0 Å². The van der Waals surface area contributed by atoms with Crippen LogP contribution in [0.4, 0.5) is 0 Å². The highest BCUT2D eigenvalue weighted by atomic mass is 31.1. The number of nitrogens with two attached hydrogens (primary N) is 1. The van der Waals surface area contributed by atoms with Crippen molar-refractivity contribution in [3.05, 3.63) is 0 Å². The van der Waals surface area contributed by atoms with E-state index in [2.05, 4.69) is 0 Å². The quantitative estimate of drug-likeness (QED) is 0.548. The van der Waals surface area contributed by atoms with Crippen LogP contribution in [0.15, 0.2) is 0 Å². The summed E-state index contributed by atoms with van der Waals surface area (Å²) in [6, 6.07) is 0. The first-order chi connectivity index (χ1) is 3.55. The molecule has 0 saturated heterocycles. The van der Waals surface area contributed by atoms with Crippen molar-refractivity contribution in [2.75, 3.05) is 0 Å². The molecule has 0 heterocycles. The van der Waals surface area contributed by atoms with E-state index in [4.69, 9.17) is 10.6 Å². The van der Waals surface area contributed by atoms with Crippen LogP contribution in [0.5, 0.6) is 0 Å². The van der Waals surface area contributed by atoms with Crippen molar-refractivity contribution < 1.29 is 9.46 Å². The second-order valence-corrected chi connectivity index (χ2v) is 3.24. The summed E-state index contributed by atoms with van der Waals surface area (Å²) in [5.41, 5.74) is 5.23. The smallest absolute Gasteiger partial charge is 0.285 e. The molecule has 8 heavy (non-hydrogen) atoms. The standard InChI is InChI=1S/C4H10NO2P/c1-3(2)4(5)8(6)7/h3-4H,5H2,1-2H3/p+1/t4-/m1/s1. The van der Waals surface area contributed by atoms with Gasteiger partial charge < -0.3 is 0 Å². The van der Waals surface area contributed by atoms with Gasteiger partial charge in [0.15, 0.2) is 0 Å². The Morgan fingerprint density at radius 2 is 2.00 bits per heavy atom. The molecule has 0 bridgehead atoms. The molecular formula is C4H11NO2P+. The van der Waals surface area contributed by atoms with Crippen LogP contribution >= 0.6 is 8.03 Å². The molecule has 4 heteroatoms. The highest BCUT2D eigenvalue weighted by Gasteiger charge is 2.26. The van der Waals surface area contributed by atoms with E-state index in [1.807, 2.05) is 13.8 Å². The molecule has 0 rings (SSSR count). The van der Waals surface area contributed by atoms with Gasteiger partial charge in [-0.25, -0.2) is 0 Å². The zero-order chi connectivity index (χ0) is 6.73. The molecule has 0 aromatic carbocycles. The van der Waals surface area contributed by atoms with E-state index in [1.165, 1.54) is 0 Å². The van der Waals surface area contributed by atoms with Crippen molar-refractivity contribution >= 4 is 8.03 Å². The van der Waals surface area contributed by atoms with E-state index in [-0.39, 0.29) is 5.92 Å². The molecule has 0 radical (unpaired) electrons. The van der Waals surface area contributed by atoms with Crippen LogP contribution < -0.4 is 5.73 Å². The van der Waals surface area contributed by atoms with Gasteiger partial charge in [0.1, 0.15) is 0 Å². The van der Waals surface area contributed by atoms with Crippen molar-refractivity contribution in [3.8, 4) is 0 Å². The van der Waals surface area contributed by atoms with Gasteiger partial charge in [-0.2, -0.15) is 4.89 Å². The summed E-state index contributed by atoms with van der Waals surface area (Å²) in [6.45, 7) is 3.63. The minimum absolute atomic E-state index is 0.0867. The third kappa shape index (κ3) is 2.36. The highest BCUT2D eigenvalue weighted by Crippen LogP contribution is 2.23. The zero-order valence-corrected chi connectivity index (χ0v) is 5.93. The Kier molecular flexibility index (Phi) is 3.13. The van der Waals surface area contributed by atoms with Gasteiger partial charge in [0, 0.05) is 5.92 Å². The molecule has 3 N–H and O–H groups in total. The van der Waals surface area contributed by atoms with Gasteiger partial charge in [0.25, 0.3) is 0 Å². The second kappa shape index (κ2) is 3.13. The molecule has 48 valence electrons. The molecule has 0 aromatic heterocycles. The van der Waals surface area contributed by atoms with Crippen molar-refractivity contribution in [1.82, 2.24) is 0 Å². The molecule has 0 fully saturated rings. The minimum Gasteiger partial charge on any atom is -0.285 e. The summed E-state index contributed by atoms with van der Waals surface area (Å²) in [4.78, 5) is 8.38. The summed E-state index contributed by atoms with van der Waals surface area (Å²) in [7, 11) is -2.17. The lowest BCUT2D eigenvalue weighted by molar-refractivity contribution is 0.465. The van der Waals surface area contributed by atoms with Gasteiger partial charge in [-0.3, -0.25) is 5.73 Å². The molecule has 3 nitrogen and oxygen atoms in total. The average molecular weight is 136 g/mol. The van der Waals surface area contributed by atoms with Gasteiger partial charge in [-0.1, -0.05) is 13.8 Å². The van der Waals surface area contributed by atoms with Crippen molar-refractivity contribution in [3.63, 3.8) is 0 Å². The van der Waals surface area contributed by atoms with Gasteiger partial charge in [-0.15, -0.1) is 0 Å². The molecule has 0 aliphatic rings. The third-order valence-electron chi connectivity index (χ3n) is 0.938. The van der Waals surface area contributed by atoms with Crippen molar-refractivity contribution in [1.29, 1.82) is 0 Å². The van der Waals surface area contributed by atoms with Crippen LogP contribution in [0.1, 0.15) is 13.8 Å². The first-order valence-electron chi connectivity index (χ1n) is 2.46. The van der Waals surface area contributed by atoms with Crippen LogP contribution in [-0.2, 0) is 4.57 Å². The zero-order valence-electron chi connectivity index (χ0n) is 5.03. The monoisotopic (exact) mass is 136 g/mol. The van der Waals surface area contributed by atoms with Gasteiger partial charge in [0.05, 0.1) is 0 Å². The predicted octanol–water partition coefficient (Wildman–Crippen LogP) is 0.662. The molecule has 0 aromatic rings. The lowest BCUT2D eigenvalue weighted by atomic mass is 10.2. The number of hydrogen-bond acceptors (Lipinski definition) is 2. The van der Waals surface area contributed by atoms with Crippen molar-refractivity contribution in [2.24, 2.45) is 11.7 Å². The Labute approximate surface area is 49.8 Å². The maximum absolute atomic E-state index is 10.2. The Bertz CT molecular complexity index is 94.0. The van der Waals surface area contributed by atoms with Gasteiger partial charge >= 0.3 is 8.03 Å². The van der Waals surface area contributed by atoms with Crippen molar-refractivity contribution in [2.45, 2.75) is 19.6 Å². The average Bonchev–Trinajstić information content (AvgIpc) is 1.64. The summed E-state index contributed by atoms with van der Waals surface area (Å²) < 4.78 is 10.2. The third-order valence-corrected chi connectivity index (χ3v) is 2.04. The fraction of sp³-hybridized carbons (Fsp3) is 1.00. The fourth-order valence-electron chi connectivity index (χ4n) is 0.255. The summed E-state index contributed by atoms with van der Waals surface area (Å²) in [5.74, 6) is -0.478. The van der Waals surface area contributed by atoms with Gasteiger partial charge in [0.2, 0.25) is 5.78 Å². The van der Waals surface area contributed by atoms with Crippen LogP contribution in [-0.4, -0.2) is 10.7 Å². The SMILES string of the molecule is CC(C)[C@H](N)[P+](=O)O. The molecule has 0 aliphatic carbocycles. The van der Waals surface area contributed by atoms with E-state index in [0.717, 1.165) is 0 Å². The summed E-state index contributed by atoms with van der Waals surface area (Å²) >= 11 is 0. The molecular weight excluding hydrogens is 125 g/mol. The van der Waals surface area contributed by atoms with E-state index >= 15 is 0 Å². The Morgan fingerprint density at radius 1 is 1.62 bits per heavy atom. The maximum atomic E-state index is 10.2. The van der Waals surface area contributed by atoms with Crippen LogP contribution in [0.3, 0.4) is 0 Å². The lowest BCUT2D eigenvalue weighted by Crippen LogP contribution is -2.21. The Balaban J connectivity index is 3.64. The lowest BCUT2D eigenvalue weighted by Gasteiger charge is -1.98. The minimum atomic E-state index is -2.17. The molecule has 0 aliphatic heterocycles. The summed E-state index contributed by atoms with van der Waals surface area (Å²) in [6.07, 6.45) is 0. The molecule has 0 amide bonds. The molecule has 0 spiro atoms.